The Bertz CT molecular complexity index is 893. The van der Waals surface area contributed by atoms with Gasteiger partial charge in [0.05, 0.1) is 11.4 Å². The van der Waals surface area contributed by atoms with Crippen molar-refractivity contribution in [2.45, 2.75) is 25.2 Å². The van der Waals surface area contributed by atoms with Crippen molar-refractivity contribution in [3.8, 4) is 0 Å². The maximum Gasteiger partial charge on any atom is 0.243 e. The summed E-state index contributed by atoms with van der Waals surface area (Å²) in [4.78, 5) is 12.4. The summed E-state index contributed by atoms with van der Waals surface area (Å²) in [6, 6.07) is 12.7. The summed E-state index contributed by atoms with van der Waals surface area (Å²) in [7, 11) is -0.547. The van der Waals surface area contributed by atoms with Gasteiger partial charge in [-0.2, -0.15) is 0 Å². The van der Waals surface area contributed by atoms with Crippen molar-refractivity contribution in [1.29, 1.82) is 0 Å². The predicted octanol–water partition coefficient (Wildman–Crippen LogP) is 2.86. The van der Waals surface area contributed by atoms with Crippen LogP contribution in [0.4, 0.5) is 11.4 Å². The Morgan fingerprint density at radius 2 is 1.81 bits per heavy atom. The number of hydrogen-bond acceptors (Lipinski definition) is 4. The molecule has 0 unspecified atom stereocenters. The van der Waals surface area contributed by atoms with Crippen LogP contribution in [-0.4, -0.2) is 39.3 Å². The van der Waals surface area contributed by atoms with Gasteiger partial charge in [0.2, 0.25) is 15.9 Å². The summed E-state index contributed by atoms with van der Waals surface area (Å²) in [5.41, 5.74) is 3.13. The highest BCUT2D eigenvalue weighted by Gasteiger charge is 2.20. The lowest BCUT2D eigenvalue weighted by atomic mass is 10.1. The Labute approximate surface area is 155 Å². The normalized spacial score (nSPS) is 11.4. The summed E-state index contributed by atoms with van der Waals surface area (Å²) in [5.74, 6) is -0.198. The lowest BCUT2D eigenvalue weighted by molar-refractivity contribution is -0.114. The molecular formula is C19H25N3O3S. The number of rotatable bonds is 7. The molecule has 1 amide bonds. The van der Waals surface area contributed by atoms with Gasteiger partial charge < -0.3 is 10.6 Å². The van der Waals surface area contributed by atoms with Crippen LogP contribution in [0.1, 0.15) is 18.1 Å². The molecular weight excluding hydrogens is 350 g/mol. The van der Waals surface area contributed by atoms with Crippen molar-refractivity contribution in [3.05, 3.63) is 53.6 Å². The lowest BCUT2D eigenvalue weighted by Crippen LogP contribution is -2.24. The Morgan fingerprint density at radius 3 is 2.46 bits per heavy atom. The monoisotopic (exact) mass is 375 g/mol. The topological polar surface area (TPSA) is 78.5 Å². The van der Waals surface area contributed by atoms with E-state index >= 15 is 0 Å². The minimum Gasteiger partial charge on any atom is -0.376 e. The number of sulfonamides is 1. The van der Waals surface area contributed by atoms with E-state index in [1.165, 1.54) is 18.4 Å². The number of anilines is 2. The zero-order chi connectivity index (χ0) is 19.3. The van der Waals surface area contributed by atoms with E-state index in [0.29, 0.717) is 11.3 Å². The predicted molar refractivity (Wildman–Crippen MR) is 105 cm³/mol. The maximum absolute atomic E-state index is 12.4. The van der Waals surface area contributed by atoms with Gasteiger partial charge in [-0.1, -0.05) is 25.1 Å². The van der Waals surface area contributed by atoms with Crippen molar-refractivity contribution < 1.29 is 13.2 Å². The van der Waals surface area contributed by atoms with Crippen LogP contribution in [0.5, 0.6) is 0 Å². The SMILES string of the molecule is CCc1cccc(NC(=O)CNc2ccc(C)c(S(=O)(=O)N(C)C)c2)c1. The van der Waals surface area contributed by atoms with E-state index in [1.54, 1.807) is 25.1 Å². The zero-order valence-corrected chi connectivity index (χ0v) is 16.4. The van der Waals surface area contributed by atoms with Gasteiger partial charge in [0.25, 0.3) is 0 Å². The van der Waals surface area contributed by atoms with E-state index in [0.717, 1.165) is 17.7 Å². The van der Waals surface area contributed by atoms with Gasteiger partial charge >= 0.3 is 0 Å². The van der Waals surface area contributed by atoms with E-state index in [9.17, 15) is 13.2 Å². The van der Waals surface area contributed by atoms with Crippen molar-refractivity contribution in [1.82, 2.24) is 4.31 Å². The third kappa shape index (κ3) is 4.83. The molecule has 6 nitrogen and oxygen atoms in total. The van der Waals surface area contributed by atoms with Crippen LogP contribution in [0.2, 0.25) is 0 Å². The van der Waals surface area contributed by atoms with Crippen molar-refractivity contribution in [2.75, 3.05) is 31.3 Å². The van der Waals surface area contributed by atoms with Gasteiger partial charge in [-0.25, -0.2) is 12.7 Å². The lowest BCUT2D eigenvalue weighted by Gasteiger charge is -2.15. The summed E-state index contributed by atoms with van der Waals surface area (Å²) >= 11 is 0. The van der Waals surface area contributed by atoms with E-state index in [4.69, 9.17) is 0 Å². The quantitative estimate of drug-likeness (QED) is 0.780. The van der Waals surface area contributed by atoms with Crippen molar-refractivity contribution >= 4 is 27.3 Å². The van der Waals surface area contributed by atoms with Gasteiger partial charge in [0.1, 0.15) is 0 Å². The molecule has 2 rings (SSSR count). The van der Waals surface area contributed by atoms with E-state index in [-0.39, 0.29) is 17.3 Å². The molecule has 0 aliphatic heterocycles. The molecule has 0 fully saturated rings. The first-order valence-corrected chi connectivity index (χ1v) is 9.84. The fourth-order valence-corrected chi connectivity index (χ4v) is 3.59. The molecule has 0 aromatic heterocycles. The third-order valence-corrected chi connectivity index (χ3v) is 5.98. The maximum atomic E-state index is 12.4. The molecule has 0 saturated heterocycles. The fraction of sp³-hybridized carbons (Fsp3) is 0.316. The van der Waals surface area contributed by atoms with Gasteiger partial charge in [0, 0.05) is 25.5 Å². The number of hydrogen-bond donors (Lipinski definition) is 2. The van der Waals surface area contributed by atoms with Crippen molar-refractivity contribution in [2.24, 2.45) is 0 Å². The molecule has 2 aromatic rings. The average molecular weight is 375 g/mol. The number of carbonyl (C=O) groups excluding carboxylic acids is 1. The highest BCUT2D eigenvalue weighted by atomic mass is 32.2. The summed E-state index contributed by atoms with van der Waals surface area (Å²) < 4.78 is 25.9. The molecule has 7 heteroatoms. The number of nitrogens with zero attached hydrogens (tertiary/aromatic N) is 1. The van der Waals surface area contributed by atoms with E-state index in [1.807, 2.05) is 24.3 Å². The first-order chi connectivity index (χ1) is 12.2. The molecule has 0 atom stereocenters. The van der Waals surface area contributed by atoms with Crippen LogP contribution in [0.15, 0.2) is 47.4 Å². The largest absolute Gasteiger partial charge is 0.376 e. The molecule has 0 bridgehead atoms. The van der Waals surface area contributed by atoms with Gasteiger partial charge in [0.15, 0.2) is 0 Å². The van der Waals surface area contributed by atoms with E-state index in [2.05, 4.69) is 17.6 Å². The van der Waals surface area contributed by atoms with Crippen LogP contribution < -0.4 is 10.6 Å². The van der Waals surface area contributed by atoms with E-state index < -0.39 is 10.0 Å². The van der Waals surface area contributed by atoms with Crippen LogP contribution in [-0.2, 0) is 21.2 Å². The summed E-state index contributed by atoms with van der Waals surface area (Å²) in [6.07, 6.45) is 0.897. The minimum absolute atomic E-state index is 0.0425. The van der Waals surface area contributed by atoms with Crippen LogP contribution in [0.25, 0.3) is 0 Å². The van der Waals surface area contributed by atoms with Crippen molar-refractivity contribution in [3.63, 3.8) is 0 Å². The molecule has 0 saturated carbocycles. The second-order valence-corrected chi connectivity index (χ2v) is 8.34. The van der Waals surface area contributed by atoms with Crippen LogP contribution in [0, 0.1) is 6.92 Å². The Hall–Kier alpha value is -2.38. The highest BCUT2D eigenvalue weighted by molar-refractivity contribution is 7.89. The molecule has 0 aliphatic rings. The second kappa shape index (κ2) is 8.33. The average Bonchev–Trinajstić information content (AvgIpc) is 2.60. The number of carbonyl (C=O) groups is 1. The smallest absolute Gasteiger partial charge is 0.243 e. The Balaban J connectivity index is 2.06. The first-order valence-electron chi connectivity index (χ1n) is 8.40. The molecule has 26 heavy (non-hydrogen) atoms. The van der Waals surface area contributed by atoms with Gasteiger partial charge in [-0.3, -0.25) is 4.79 Å². The standard InChI is InChI=1S/C19H25N3O3S/c1-5-15-7-6-8-17(11-15)21-19(23)13-20-16-10-9-14(2)18(12-16)26(24,25)22(3)4/h6-12,20H,5,13H2,1-4H3,(H,21,23). The molecule has 0 spiro atoms. The molecule has 0 heterocycles. The Kier molecular flexibility index (Phi) is 6.39. The molecule has 140 valence electrons. The van der Waals surface area contributed by atoms with Crippen LogP contribution >= 0.6 is 0 Å². The third-order valence-electron chi connectivity index (χ3n) is 4.02. The Morgan fingerprint density at radius 1 is 1.08 bits per heavy atom. The summed E-state index contributed by atoms with van der Waals surface area (Å²) in [5, 5.41) is 5.81. The van der Waals surface area contributed by atoms with Crippen LogP contribution in [0.3, 0.4) is 0 Å². The number of aryl methyl sites for hydroxylation is 2. The molecule has 0 radical (unpaired) electrons. The minimum atomic E-state index is -3.53. The molecule has 0 aliphatic carbocycles. The number of benzene rings is 2. The molecule has 2 N–H and O–H groups in total. The first kappa shape index (κ1) is 19.9. The molecule has 2 aromatic carbocycles. The number of amides is 1. The van der Waals surface area contributed by atoms with Gasteiger partial charge in [-0.05, 0) is 48.7 Å². The highest BCUT2D eigenvalue weighted by Crippen LogP contribution is 2.22. The second-order valence-electron chi connectivity index (χ2n) is 6.22. The van der Waals surface area contributed by atoms with Gasteiger partial charge in [-0.15, -0.1) is 0 Å². The zero-order valence-electron chi connectivity index (χ0n) is 15.5. The number of nitrogens with one attached hydrogen (secondary N) is 2. The summed E-state index contributed by atoms with van der Waals surface area (Å²) in [6.45, 7) is 3.84. The fourth-order valence-electron chi connectivity index (χ4n) is 2.44.